The topological polar surface area (TPSA) is 267 Å². The Morgan fingerprint density at radius 3 is 1.59 bits per heavy atom. The van der Waals surface area contributed by atoms with Crippen LogP contribution in [0.3, 0.4) is 0 Å². The lowest BCUT2D eigenvalue weighted by Crippen LogP contribution is -2.19. The average Bonchev–Trinajstić information content (AvgIpc) is 4.04. The molecule has 0 radical (unpaired) electrons. The Kier molecular flexibility index (Phi) is 18.4. The van der Waals surface area contributed by atoms with Gasteiger partial charge in [-0.2, -0.15) is 0 Å². The van der Waals surface area contributed by atoms with Crippen LogP contribution in [0.4, 0.5) is 0 Å². The summed E-state index contributed by atoms with van der Waals surface area (Å²) in [5.41, 5.74) is 6.80. The Balaban J connectivity index is 0.000000235. The number of H-pyrrole nitrogens is 4. The van der Waals surface area contributed by atoms with E-state index in [1.54, 1.807) is 6.07 Å². The van der Waals surface area contributed by atoms with E-state index in [0.717, 1.165) is 47.0 Å². The number of fused-ring (bicyclic) bond motifs is 2. The molecule has 4 heterocycles. The molecule has 0 aliphatic heterocycles. The first kappa shape index (κ1) is 53.7. The molecule has 0 saturated carbocycles. The average molecular weight is 997 g/mol. The Hall–Kier alpha value is -8.62. The van der Waals surface area contributed by atoms with Crippen LogP contribution in [0.25, 0.3) is 73.4 Å². The Bertz CT molecular complexity index is 3340. The first-order valence-electron chi connectivity index (χ1n) is 23.1. The highest BCUT2D eigenvalue weighted by molar-refractivity contribution is 5.86. The van der Waals surface area contributed by atoms with Gasteiger partial charge >= 0.3 is 11.9 Å². The van der Waals surface area contributed by atoms with E-state index < -0.39 is 11.9 Å². The van der Waals surface area contributed by atoms with Gasteiger partial charge in [-0.15, -0.1) is 0 Å². The molecule has 0 amide bonds. The smallest absolute Gasteiger partial charge is 0.328 e. The largest absolute Gasteiger partial charge is 0.493 e. The summed E-state index contributed by atoms with van der Waals surface area (Å²) in [6.45, 7) is 7.06. The molecular formula is C53H60N10O10. The molecule has 8 rings (SSSR count). The van der Waals surface area contributed by atoms with Gasteiger partial charge in [0.15, 0.2) is 22.3 Å². The molecule has 4 aromatic carbocycles. The fourth-order valence-electron chi connectivity index (χ4n) is 7.42. The minimum Gasteiger partial charge on any atom is -0.493 e. The Labute approximate surface area is 420 Å². The molecule has 0 unspecified atom stereocenters. The molecule has 0 fully saturated rings. The number of aromatic amines is 4. The zero-order valence-electron chi connectivity index (χ0n) is 40.7. The minimum atomic E-state index is -1.03. The summed E-state index contributed by atoms with van der Waals surface area (Å²) in [6.07, 6.45) is 5.88. The van der Waals surface area contributed by atoms with Gasteiger partial charge in [0.1, 0.15) is 47.9 Å². The number of nitrogens with zero attached hydrogens (tertiary/aromatic N) is 6. The van der Waals surface area contributed by atoms with Crippen LogP contribution in [0.15, 0.2) is 101 Å². The van der Waals surface area contributed by atoms with Gasteiger partial charge in [0.25, 0.3) is 11.1 Å². The number of carboxylic acid groups (broad SMARTS) is 2. The number of aryl methyl sites for hydroxylation is 1. The van der Waals surface area contributed by atoms with Gasteiger partial charge in [-0.25, -0.2) is 24.7 Å². The number of carbonyl (C=O) groups is 2. The van der Waals surface area contributed by atoms with E-state index in [9.17, 15) is 19.2 Å². The molecular weight excluding hydrogens is 937 g/mol. The van der Waals surface area contributed by atoms with E-state index in [2.05, 4.69) is 39.9 Å². The summed E-state index contributed by atoms with van der Waals surface area (Å²) >= 11 is 0. The fraction of sp³-hybridized carbons (Fsp3) is 0.283. The molecule has 20 nitrogen and oxygen atoms in total. The van der Waals surface area contributed by atoms with E-state index in [0.29, 0.717) is 107 Å². The van der Waals surface area contributed by atoms with Crippen molar-refractivity contribution in [2.75, 3.05) is 67.7 Å². The van der Waals surface area contributed by atoms with Gasteiger partial charge < -0.3 is 58.9 Å². The molecule has 0 saturated heterocycles. The fourth-order valence-corrected chi connectivity index (χ4v) is 7.42. The van der Waals surface area contributed by atoms with Gasteiger partial charge in [-0.05, 0) is 143 Å². The van der Waals surface area contributed by atoms with Gasteiger partial charge in [-0.3, -0.25) is 14.4 Å². The number of aliphatic carboxylic acids is 2. The number of ether oxygens (including phenoxy) is 4. The van der Waals surface area contributed by atoms with Gasteiger partial charge in [0.05, 0.1) is 37.0 Å². The van der Waals surface area contributed by atoms with Gasteiger partial charge in [0, 0.05) is 25.6 Å². The number of rotatable bonds is 21. The highest BCUT2D eigenvalue weighted by atomic mass is 16.5. The number of imidazole rings is 2. The third kappa shape index (κ3) is 14.3. The van der Waals surface area contributed by atoms with Crippen molar-refractivity contribution in [1.29, 1.82) is 0 Å². The number of nitrogens with one attached hydrogen (secondary N) is 4. The first-order chi connectivity index (χ1) is 34.7. The van der Waals surface area contributed by atoms with Gasteiger partial charge in [0.2, 0.25) is 0 Å². The maximum atomic E-state index is 12.4. The summed E-state index contributed by atoms with van der Waals surface area (Å²) in [4.78, 5) is 79.4. The summed E-state index contributed by atoms with van der Waals surface area (Å²) in [5.74, 6) is 1.21. The molecule has 382 valence electrons. The predicted molar refractivity (Wildman–Crippen MR) is 281 cm³/mol. The first-order valence-corrected chi connectivity index (χ1v) is 23.1. The number of likely N-dealkylation sites (N-methyl/N-ethyl adjacent to an activating group) is 2. The molecule has 73 heavy (non-hydrogen) atoms. The zero-order chi connectivity index (χ0) is 51.3. The number of hydrogen-bond acceptors (Lipinski definition) is 14. The SMILES string of the molecule is C.CCOc1cc(-c2cc(/C=C/C(=O)O)cc(OCCN(C)C)c2)ccc1-c1nc2nc[nH]c2c(=O)[nH]1.CCOc1cc(-c2cc(CCC(=O)O)cc(OCCN(C)C)c2)ccc1-c1nc2nc[nH]c2c(=O)[nH]1. The van der Waals surface area contributed by atoms with Crippen LogP contribution < -0.4 is 30.1 Å². The van der Waals surface area contributed by atoms with Crippen molar-refractivity contribution in [3.8, 4) is 68.0 Å². The second-order valence-electron chi connectivity index (χ2n) is 16.8. The van der Waals surface area contributed by atoms with Gasteiger partial charge in [-0.1, -0.05) is 25.6 Å². The van der Waals surface area contributed by atoms with Crippen LogP contribution >= 0.6 is 0 Å². The van der Waals surface area contributed by atoms with E-state index in [1.807, 2.05) is 119 Å². The van der Waals surface area contributed by atoms with Crippen LogP contribution in [0.5, 0.6) is 23.0 Å². The normalized spacial score (nSPS) is 11.2. The summed E-state index contributed by atoms with van der Waals surface area (Å²) < 4.78 is 23.7. The molecule has 0 spiro atoms. The Morgan fingerprint density at radius 1 is 0.630 bits per heavy atom. The molecule has 0 bridgehead atoms. The minimum absolute atomic E-state index is 0. The quantitative estimate of drug-likeness (QED) is 0.0383. The second-order valence-corrected chi connectivity index (χ2v) is 16.8. The van der Waals surface area contributed by atoms with Crippen molar-refractivity contribution in [2.45, 2.75) is 34.1 Å². The van der Waals surface area contributed by atoms with Crippen LogP contribution in [0.1, 0.15) is 38.8 Å². The van der Waals surface area contributed by atoms with Crippen molar-refractivity contribution in [2.24, 2.45) is 0 Å². The number of aromatic nitrogens is 8. The maximum Gasteiger partial charge on any atom is 0.328 e. The number of carboxylic acids is 2. The molecule has 0 aliphatic carbocycles. The molecule has 4 aromatic heterocycles. The van der Waals surface area contributed by atoms with Crippen LogP contribution in [0, 0.1) is 0 Å². The summed E-state index contributed by atoms with van der Waals surface area (Å²) in [6, 6.07) is 22.5. The molecule has 20 heteroatoms. The predicted octanol–water partition coefficient (Wildman–Crippen LogP) is 7.39. The number of hydrogen-bond donors (Lipinski definition) is 6. The maximum absolute atomic E-state index is 12.4. The highest BCUT2D eigenvalue weighted by Gasteiger charge is 2.17. The van der Waals surface area contributed by atoms with Crippen LogP contribution in [-0.2, 0) is 16.0 Å². The van der Waals surface area contributed by atoms with E-state index >= 15 is 0 Å². The second kappa shape index (κ2) is 25.0. The molecule has 0 atom stereocenters. The molecule has 0 aliphatic rings. The lowest BCUT2D eigenvalue weighted by atomic mass is 9.98. The lowest BCUT2D eigenvalue weighted by molar-refractivity contribution is -0.137. The third-order valence-electron chi connectivity index (χ3n) is 10.9. The van der Waals surface area contributed by atoms with Crippen molar-refractivity contribution < 1.29 is 38.7 Å². The lowest BCUT2D eigenvalue weighted by Gasteiger charge is -2.15. The van der Waals surface area contributed by atoms with E-state index in [4.69, 9.17) is 29.2 Å². The van der Waals surface area contributed by atoms with Crippen molar-refractivity contribution >= 4 is 40.3 Å². The summed E-state index contributed by atoms with van der Waals surface area (Å²) in [7, 11) is 7.87. The zero-order valence-corrected chi connectivity index (χ0v) is 40.7. The monoisotopic (exact) mass is 996 g/mol. The van der Waals surface area contributed by atoms with Crippen LogP contribution in [0.2, 0.25) is 0 Å². The standard InChI is InChI=1S/C26H29N5O5.C26H27N5O5.CH4/c2*1-4-35-21-14-17(6-7-20(21)24-29-25-23(26(34)30-24)27-15-28-25)18-11-16(5-8-22(32)33)12-19(13-18)36-10-9-31(2)3;/h6-7,11-15H,4-5,8-10H2,1-3H3,(H,32,33)(H2,27,28,29,30,34);5-8,11-15H,4,9-10H2,1-3H3,(H,32,33)(H2,27,28,29,30,34);1H4/b;8-5+;. The third-order valence-corrected chi connectivity index (χ3v) is 10.9. The molecule has 6 N–H and O–H groups in total. The van der Waals surface area contributed by atoms with Crippen molar-refractivity contribution in [3.63, 3.8) is 0 Å². The summed E-state index contributed by atoms with van der Waals surface area (Å²) in [5, 5.41) is 18.2. The van der Waals surface area contributed by atoms with Crippen LogP contribution in [-0.4, -0.2) is 140 Å². The Morgan fingerprint density at radius 2 is 1.12 bits per heavy atom. The van der Waals surface area contributed by atoms with E-state index in [-0.39, 0.29) is 25.0 Å². The molecule has 8 aromatic rings. The van der Waals surface area contributed by atoms with E-state index in [1.165, 1.54) is 18.7 Å². The van der Waals surface area contributed by atoms with Crippen molar-refractivity contribution in [3.05, 3.63) is 123 Å². The highest BCUT2D eigenvalue weighted by Crippen LogP contribution is 2.37. The van der Waals surface area contributed by atoms with Crippen molar-refractivity contribution in [1.82, 2.24) is 49.7 Å². The number of benzene rings is 4.